The van der Waals surface area contributed by atoms with E-state index in [4.69, 9.17) is 27.9 Å². The van der Waals surface area contributed by atoms with Crippen molar-refractivity contribution in [2.45, 2.75) is 45.8 Å². The minimum atomic E-state index is -0.674. The van der Waals surface area contributed by atoms with Crippen LogP contribution in [0.25, 0.3) is 0 Å². The predicted molar refractivity (Wildman–Crippen MR) is 129 cm³/mol. The molecule has 30 heavy (non-hydrogen) atoms. The fourth-order valence-corrected chi connectivity index (χ4v) is 3.79. The lowest BCUT2D eigenvalue weighted by Crippen LogP contribution is -2.51. The number of halogens is 3. The summed E-state index contributed by atoms with van der Waals surface area (Å²) in [6.45, 7) is 5.52. The molecule has 0 aliphatic heterocycles. The molecule has 0 bridgehead atoms. The Morgan fingerprint density at radius 3 is 2.23 bits per heavy atom. The number of benzene rings is 2. The number of hydrogen-bond acceptors (Lipinski definition) is 3. The van der Waals surface area contributed by atoms with Crippen molar-refractivity contribution in [3.63, 3.8) is 0 Å². The van der Waals surface area contributed by atoms with Crippen LogP contribution in [0.3, 0.4) is 0 Å². The van der Waals surface area contributed by atoms with E-state index in [1.54, 1.807) is 30.3 Å². The van der Waals surface area contributed by atoms with Gasteiger partial charge in [0.05, 0.1) is 0 Å². The molecule has 5 nitrogen and oxygen atoms in total. The van der Waals surface area contributed by atoms with E-state index in [2.05, 4.69) is 27.9 Å². The molecule has 0 heterocycles. The zero-order valence-electron chi connectivity index (χ0n) is 17.1. The molecule has 8 heteroatoms. The molecule has 0 spiro atoms. The average Bonchev–Trinajstić information content (AvgIpc) is 2.68. The normalized spacial score (nSPS) is 11.8. The van der Waals surface area contributed by atoms with Gasteiger partial charge in [0, 0.05) is 31.8 Å². The van der Waals surface area contributed by atoms with Crippen LogP contribution >= 0.6 is 45.8 Å². The Bertz CT molecular complexity index is 855. The number of nitrogens with one attached hydrogen (secondary N) is 1. The van der Waals surface area contributed by atoms with E-state index in [0.717, 1.165) is 3.57 Å². The number of hydrogen-bond donors (Lipinski definition) is 1. The Morgan fingerprint density at radius 2 is 1.70 bits per heavy atom. The van der Waals surface area contributed by atoms with Crippen LogP contribution in [0.2, 0.25) is 10.0 Å². The molecular weight excluding hydrogens is 538 g/mol. The van der Waals surface area contributed by atoms with Crippen LogP contribution in [0.4, 0.5) is 0 Å². The highest BCUT2D eigenvalue weighted by Crippen LogP contribution is 2.27. The molecule has 0 aliphatic rings. The molecule has 2 amide bonds. The van der Waals surface area contributed by atoms with Crippen molar-refractivity contribution in [2.24, 2.45) is 0 Å². The molecule has 0 aliphatic carbocycles. The van der Waals surface area contributed by atoms with Crippen LogP contribution in [0.15, 0.2) is 42.5 Å². The molecule has 2 rings (SSSR count). The van der Waals surface area contributed by atoms with Crippen LogP contribution in [-0.2, 0) is 16.1 Å². The molecule has 1 atom stereocenters. The van der Waals surface area contributed by atoms with Crippen LogP contribution in [0, 0.1) is 3.57 Å². The van der Waals surface area contributed by atoms with Gasteiger partial charge in [0.25, 0.3) is 5.91 Å². The van der Waals surface area contributed by atoms with Crippen LogP contribution in [0.5, 0.6) is 5.75 Å². The second-order valence-electron chi connectivity index (χ2n) is 7.05. The fourth-order valence-electron chi connectivity index (χ4n) is 2.91. The summed E-state index contributed by atoms with van der Waals surface area (Å²) in [7, 11) is 0. The summed E-state index contributed by atoms with van der Waals surface area (Å²) in [4.78, 5) is 27.4. The zero-order valence-corrected chi connectivity index (χ0v) is 20.8. The second-order valence-corrected chi connectivity index (χ2v) is 9.11. The lowest BCUT2D eigenvalue weighted by molar-refractivity contribution is -0.143. The molecule has 0 unspecified atom stereocenters. The monoisotopic (exact) mass is 562 g/mol. The van der Waals surface area contributed by atoms with Gasteiger partial charge in [0.2, 0.25) is 5.91 Å². The summed E-state index contributed by atoms with van der Waals surface area (Å²) in [5, 5.41) is 3.77. The molecular formula is C22H25Cl2IN2O3. The summed E-state index contributed by atoms with van der Waals surface area (Å²) in [6.07, 6.45) is 0.440. The third-order valence-electron chi connectivity index (χ3n) is 4.38. The minimum Gasteiger partial charge on any atom is -0.484 e. The number of carbonyl (C=O) groups is 2. The Balaban J connectivity index is 2.27. The highest BCUT2D eigenvalue weighted by molar-refractivity contribution is 14.1. The van der Waals surface area contributed by atoms with Gasteiger partial charge in [0.15, 0.2) is 6.61 Å². The first-order valence-electron chi connectivity index (χ1n) is 9.64. The van der Waals surface area contributed by atoms with Gasteiger partial charge in [-0.05, 0) is 79.3 Å². The molecule has 162 valence electrons. The summed E-state index contributed by atoms with van der Waals surface area (Å²) in [5.41, 5.74) is 0.597. The van der Waals surface area contributed by atoms with Crippen molar-refractivity contribution >= 4 is 57.6 Å². The van der Waals surface area contributed by atoms with Gasteiger partial charge in [-0.2, -0.15) is 0 Å². The maximum atomic E-state index is 13.1. The van der Waals surface area contributed by atoms with E-state index >= 15 is 0 Å². The van der Waals surface area contributed by atoms with Crippen molar-refractivity contribution in [3.05, 3.63) is 61.6 Å². The highest BCUT2D eigenvalue weighted by atomic mass is 127. The topological polar surface area (TPSA) is 58.6 Å². The van der Waals surface area contributed by atoms with Gasteiger partial charge in [0.1, 0.15) is 11.8 Å². The van der Waals surface area contributed by atoms with Crippen molar-refractivity contribution in [1.82, 2.24) is 10.2 Å². The molecule has 0 aromatic heterocycles. The maximum absolute atomic E-state index is 13.1. The molecule has 0 fully saturated rings. The van der Waals surface area contributed by atoms with Gasteiger partial charge in [-0.1, -0.05) is 36.2 Å². The summed E-state index contributed by atoms with van der Waals surface area (Å²) in [5.74, 6) is 0.0350. The third-order valence-corrected chi connectivity index (χ3v) is 5.81. The Labute approximate surface area is 201 Å². The number of rotatable bonds is 9. The lowest BCUT2D eigenvalue weighted by atomic mass is 10.1. The number of carbonyl (C=O) groups excluding carboxylic acids is 2. The predicted octanol–water partition coefficient (Wildman–Crippen LogP) is 5.31. The fraction of sp³-hybridized carbons (Fsp3) is 0.364. The Morgan fingerprint density at radius 1 is 1.10 bits per heavy atom. The van der Waals surface area contributed by atoms with Crippen LogP contribution < -0.4 is 10.1 Å². The molecule has 1 N–H and O–H groups in total. The molecule has 2 aromatic rings. The van der Waals surface area contributed by atoms with Crippen molar-refractivity contribution < 1.29 is 14.3 Å². The van der Waals surface area contributed by atoms with E-state index in [1.165, 1.54) is 4.90 Å². The largest absolute Gasteiger partial charge is 0.484 e. The van der Waals surface area contributed by atoms with Crippen molar-refractivity contribution in [3.8, 4) is 5.75 Å². The lowest BCUT2D eigenvalue weighted by Gasteiger charge is -2.31. The minimum absolute atomic E-state index is 0.0459. The first kappa shape index (κ1) is 24.8. The summed E-state index contributed by atoms with van der Waals surface area (Å²) in [6, 6.07) is 11.8. The molecule has 0 saturated carbocycles. The van der Waals surface area contributed by atoms with Gasteiger partial charge in [-0.3, -0.25) is 9.59 Å². The molecule has 0 saturated heterocycles. The first-order chi connectivity index (χ1) is 14.2. The van der Waals surface area contributed by atoms with Crippen LogP contribution in [0.1, 0.15) is 32.8 Å². The number of ether oxygens (including phenoxy) is 1. The SMILES string of the molecule is CC[C@H](C(=O)NC(C)C)N(Cc1c(Cl)cccc1Cl)C(=O)COc1ccc(I)cc1. The number of amides is 2. The number of nitrogens with zero attached hydrogens (tertiary/aromatic N) is 1. The smallest absolute Gasteiger partial charge is 0.261 e. The van der Waals surface area contributed by atoms with Gasteiger partial charge >= 0.3 is 0 Å². The summed E-state index contributed by atoms with van der Waals surface area (Å²) >= 11 is 14.8. The maximum Gasteiger partial charge on any atom is 0.261 e. The quantitative estimate of drug-likeness (QED) is 0.421. The Hall–Kier alpha value is -1.51. The van der Waals surface area contributed by atoms with E-state index < -0.39 is 6.04 Å². The average molecular weight is 563 g/mol. The van der Waals surface area contributed by atoms with E-state index in [0.29, 0.717) is 27.8 Å². The van der Waals surface area contributed by atoms with E-state index in [-0.39, 0.29) is 31.0 Å². The second kappa shape index (κ2) is 11.8. The first-order valence-corrected chi connectivity index (χ1v) is 11.5. The van der Waals surface area contributed by atoms with Gasteiger partial charge in [-0.25, -0.2) is 0 Å². The standard InChI is InChI=1S/C22H25Cl2IN2O3/c1-4-20(22(29)26-14(2)3)27(12-17-18(23)6-5-7-19(17)24)21(28)13-30-16-10-8-15(25)9-11-16/h5-11,14,20H,4,12-13H2,1-3H3,(H,26,29)/t20-/m1/s1. The van der Waals surface area contributed by atoms with E-state index in [9.17, 15) is 9.59 Å². The van der Waals surface area contributed by atoms with E-state index in [1.807, 2.05) is 32.9 Å². The van der Waals surface area contributed by atoms with Crippen molar-refractivity contribution in [2.75, 3.05) is 6.61 Å². The van der Waals surface area contributed by atoms with Crippen LogP contribution in [-0.4, -0.2) is 35.4 Å². The Kier molecular flexibility index (Phi) is 9.71. The highest BCUT2D eigenvalue weighted by Gasteiger charge is 2.30. The van der Waals surface area contributed by atoms with Gasteiger partial charge < -0.3 is 15.0 Å². The zero-order chi connectivity index (χ0) is 22.3. The van der Waals surface area contributed by atoms with Crippen molar-refractivity contribution in [1.29, 1.82) is 0 Å². The molecule has 0 radical (unpaired) electrons. The van der Waals surface area contributed by atoms with Gasteiger partial charge in [-0.15, -0.1) is 0 Å². The third kappa shape index (κ3) is 7.03. The summed E-state index contributed by atoms with van der Waals surface area (Å²) < 4.78 is 6.73. The molecule has 2 aromatic carbocycles.